The molecular formula is C31H33FN6O. The third kappa shape index (κ3) is 5.46. The lowest BCUT2D eigenvalue weighted by Crippen LogP contribution is -2.26. The average molecular weight is 525 g/mol. The molecule has 0 spiro atoms. The molecule has 5 aromatic rings. The van der Waals surface area contributed by atoms with E-state index in [-0.39, 0.29) is 17.4 Å². The number of rotatable bonds is 10. The largest absolute Gasteiger partial charge is 0.333 e. The second-order valence-corrected chi connectivity index (χ2v) is 10.1. The third-order valence-electron chi connectivity index (χ3n) is 7.10. The van der Waals surface area contributed by atoms with Crippen LogP contribution in [0.25, 0.3) is 28.2 Å². The smallest absolute Gasteiger partial charge is 0.292 e. The van der Waals surface area contributed by atoms with E-state index in [2.05, 4.69) is 27.5 Å². The van der Waals surface area contributed by atoms with Gasteiger partial charge in [0.05, 0.1) is 12.2 Å². The van der Waals surface area contributed by atoms with Gasteiger partial charge in [-0.3, -0.25) is 9.13 Å². The van der Waals surface area contributed by atoms with Crippen molar-refractivity contribution in [2.24, 2.45) is 0 Å². The number of imidazole rings is 1. The van der Waals surface area contributed by atoms with E-state index >= 15 is 4.39 Å². The molecular weight excluding hydrogens is 491 g/mol. The zero-order valence-electron chi connectivity index (χ0n) is 22.6. The second-order valence-electron chi connectivity index (χ2n) is 10.1. The first kappa shape index (κ1) is 26.3. The number of aromatic amines is 1. The molecule has 39 heavy (non-hydrogen) atoms. The van der Waals surface area contributed by atoms with Gasteiger partial charge >= 0.3 is 5.69 Å². The van der Waals surface area contributed by atoms with Crippen molar-refractivity contribution in [3.05, 3.63) is 106 Å². The standard InChI is InChI=1S/C31H33FN6O/c1-4-5-6-10-24-20-38(29-25(21(2)3)13-9-14-28(29)32)31(39)37(24)19-22-15-17-23(18-16-22)26-11-7-8-12-27(26)30-33-35-36-34-30/h7-9,11-18,20-21H,4-6,10,19H2,1-3H3,(H,33,34,35,36). The molecule has 7 nitrogen and oxygen atoms in total. The molecule has 0 aliphatic carbocycles. The number of hydrogen-bond acceptors (Lipinski definition) is 4. The van der Waals surface area contributed by atoms with E-state index in [1.807, 2.05) is 74.6 Å². The summed E-state index contributed by atoms with van der Waals surface area (Å²) in [5, 5.41) is 14.5. The van der Waals surface area contributed by atoms with Crippen molar-refractivity contribution >= 4 is 0 Å². The van der Waals surface area contributed by atoms with Crippen LogP contribution in [0.1, 0.15) is 62.8 Å². The number of H-pyrrole nitrogens is 1. The normalized spacial score (nSPS) is 11.4. The first-order chi connectivity index (χ1) is 19.0. The van der Waals surface area contributed by atoms with Crippen LogP contribution in [0, 0.1) is 5.82 Å². The summed E-state index contributed by atoms with van der Waals surface area (Å²) in [6, 6.07) is 21.1. The number of halogens is 1. The fourth-order valence-corrected chi connectivity index (χ4v) is 5.04. The summed E-state index contributed by atoms with van der Waals surface area (Å²) >= 11 is 0. The highest BCUT2D eigenvalue weighted by Crippen LogP contribution is 2.30. The van der Waals surface area contributed by atoms with Gasteiger partial charge in [0.2, 0.25) is 5.82 Å². The molecule has 0 amide bonds. The molecule has 0 fully saturated rings. The van der Waals surface area contributed by atoms with Crippen LogP contribution in [0.15, 0.2) is 77.7 Å². The maximum Gasteiger partial charge on any atom is 0.333 e. The van der Waals surface area contributed by atoms with Crippen molar-refractivity contribution in [1.82, 2.24) is 29.8 Å². The van der Waals surface area contributed by atoms with E-state index in [0.29, 0.717) is 18.1 Å². The molecule has 3 aromatic carbocycles. The number of nitrogens with zero attached hydrogens (tertiary/aromatic N) is 5. The van der Waals surface area contributed by atoms with Gasteiger partial charge < -0.3 is 0 Å². The molecule has 5 rings (SSSR count). The first-order valence-electron chi connectivity index (χ1n) is 13.5. The number of tetrazole rings is 1. The maximum atomic E-state index is 15.1. The first-order valence-corrected chi connectivity index (χ1v) is 13.5. The number of nitrogens with one attached hydrogen (secondary N) is 1. The molecule has 0 aliphatic rings. The van der Waals surface area contributed by atoms with Crippen LogP contribution in [0.4, 0.5) is 4.39 Å². The molecule has 0 saturated carbocycles. The Kier molecular flexibility index (Phi) is 7.81. The summed E-state index contributed by atoms with van der Waals surface area (Å²) in [4.78, 5) is 13.8. The lowest BCUT2D eigenvalue weighted by molar-refractivity contribution is 0.606. The van der Waals surface area contributed by atoms with Gasteiger partial charge in [-0.05, 0) is 52.3 Å². The zero-order chi connectivity index (χ0) is 27.4. The number of benzene rings is 3. The van der Waals surface area contributed by atoms with E-state index < -0.39 is 0 Å². The van der Waals surface area contributed by atoms with Crippen LogP contribution < -0.4 is 5.69 Å². The minimum atomic E-state index is -0.384. The van der Waals surface area contributed by atoms with E-state index in [9.17, 15) is 4.79 Å². The van der Waals surface area contributed by atoms with E-state index in [4.69, 9.17) is 0 Å². The topological polar surface area (TPSA) is 81.4 Å². The van der Waals surface area contributed by atoms with Crippen molar-refractivity contribution in [1.29, 1.82) is 0 Å². The maximum absolute atomic E-state index is 15.1. The Morgan fingerprint density at radius 1 is 0.949 bits per heavy atom. The molecule has 2 heterocycles. The van der Waals surface area contributed by atoms with Crippen LogP contribution in [-0.4, -0.2) is 29.8 Å². The summed E-state index contributed by atoms with van der Waals surface area (Å²) in [5.74, 6) is 0.232. The Bertz CT molecular complexity index is 1600. The highest BCUT2D eigenvalue weighted by Gasteiger charge is 2.20. The van der Waals surface area contributed by atoms with Crippen molar-refractivity contribution in [2.75, 3.05) is 0 Å². The Hall–Kier alpha value is -4.33. The summed E-state index contributed by atoms with van der Waals surface area (Å²) in [5.41, 5.74) is 5.75. The van der Waals surface area contributed by atoms with Gasteiger partial charge in [0.25, 0.3) is 0 Å². The number of unbranched alkanes of at least 4 members (excludes halogenated alkanes) is 2. The Morgan fingerprint density at radius 3 is 2.41 bits per heavy atom. The molecule has 0 unspecified atom stereocenters. The van der Waals surface area contributed by atoms with Gasteiger partial charge in [-0.15, -0.1) is 10.2 Å². The van der Waals surface area contributed by atoms with Crippen molar-refractivity contribution in [3.8, 4) is 28.2 Å². The highest BCUT2D eigenvalue weighted by molar-refractivity contribution is 5.80. The Balaban J connectivity index is 1.50. The predicted molar refractivity (Wildman–Crippen MR) is 151 cm³/mol. The predicted octanol–water partition coefficient (Wildman–Crippen LogP) is 6.53. The minimum absolute atomic E-state index is 0.0809. The number of aromatic nitrogens is 6. The summed E-state index contributed by atoms with van der Waals surface area (Å²) in [7, 11) is 0. The van der Waals surface area contributed by atoms with E-state index in [0.717, 1.165) is 59.2 Å². The van der Waals surface area contributed by atoms with Crippen LogP contribution in [0.2, 0.25) is 0 Å². The monoisotopic (exact) mass is 524 g/mol. The van der Waals surface area contributed by atoms with Gasteiger partial charge in [-0.1, -0.05) is 94.3 Å². The van der Waals surface area contributed by atoms with Gasteiger partial charge in [0.1, 0.15) is 5.82 Å². The summed E-state index contributed by atoms with van der Waals surface area (Å²) < 4.78 is 18.4. The Labute approximate surface area is 227 Å². The van der Waals surface area contributed by atoms with Crippen LogP contribution in [0.3, 0.4) is 0 Å². The minimum Gasteiger partial charge on any atom is -0.292 e. The molecule has 8 heteroatoms. The number of aryl methyl sites for hydroxylation is 1. The van der Waals surface area contributed by atoms with Gasteiger partial charge in [-0.2, -0.15) is 5.21 Å². The number of hydrogen-bond donors (Lipinski definition) is 1. The summed E-state index contributed by atoms with van der Waals surface area (Å²) in [6.07, 6.45) is 5.73. The molecule has 0 bridgehead atoms. The van der Waals surface area contributed by atoms with Crippen LogP contribution >= 0.6 is 0 Å². The molecule has 1 N–H and O–H groups in total. The lowest BCUT2D eigenvalue weighted by Gasteiger charge is -2.13. The molecule has 0 radical (unpaired) electrons. The quantitative estimate of drug-likeness (QED) is 0.211. The molecule has 0 aliphatic heterocycles. The van der Waals surface area contributed by atoms with Gasteiger partial charge in [-0.25, -0.2) is 9.18 Å². The summed E-state index contributed by atoms with van der Waals surface area (Å²) in [6.45, 7) is 6.60. The molecule has 0 saturated heterocycles. The third-order valence-corrected chi connectivity index (χ3v) is 7.10. The van der Waals surface area contributed by atoms with Crippen molar-refractivity contribution in [2.45, 2.75) is 58.9 Å². The fraction of sp³-hybridized carbons (Fsp3) is 0.290. The molecule has 0 atom stereocenters. The van der Waals surface area contributed by atoms with E-state index in [1.165, 1.54) is 10.6 Å². The molecule has 200 valence electrons. The lowest BCUT2D eigenvalue weighted by atomic mass is 9.98. The van der Waals surface area contributed by atoms with Crippen molar-refractivity contribution in [3.63, 3.8) is 0 Å². The highest BCUT2D eigenvalue weighted by atomic mass is 19.1. The fourth-order valence-electron chi connectivity index (χ4n) is 5.04. The molecule has 2 aromatic heterocycles. The van der Waals surface area contributed by atoms with Crippen LogP contribution in [-0.2, 0) is 13.0 Å². The second kappa shape index (κ2) is 11.6. The van der Waals surface area contributed by atoms with Crippen LogP contribution in [0.5, 0.6) is 0 Å². The Morgan fingerprint density at radius 2 is 1.72 bits per heavy atom. The average Bonchev–Trinajstić information content (AvgIpc) is 3.58. The SMILES string of the molecule is CCCCCc1cn(-c2c(F)cccc2C(C)C)c(=O)n1Cc1ccc(-c2ccccc2-c2nn[nH]n2)cc1. The number of para-hydroxylation sites is 1. The zero-order valence-corrected chi connectivity index (χ0v) is 22.6. The van der Waals surface area contributed by atoms with E-state index in [1.54, 1.807) is 10.6 Å². The van der Waals surface area contributed by atoms with Crippen molar-refractivity contribution < 1.29 is 4.39 Å². The van der Waals surface area contributed by atoms with Gasteiger partial charge in [0, 0.05) is 17.5 Å². The van der Waals surface area contributed by atoms with Gasteiger partial charge in [0.15, 0.2) is 0 Å².